The maximum absolute atomic E-state index is 10.7. The van der Waals surface area contributed by atoms with Gasteiger partial charge in [-0.25, -0.2) is 0 Å². The maximum Gasteiger partial charge on any atom is 0.150 e. The van der Waals surface area contributed by atoms with E-state index in [0.717, 1.165) is 23.3 Å². The second-order valence-corrected chi connectivity index (χ2v) is 4.56. The first-order valence-corrected chi connectivity index (χ1v) is 5.90. The van der Waals surface area contributed by atoms with Crippen LogP contribution in [0, 0.1) is 20.8 Å². The van der Waals surface area contributed by atoms with Crippen molar-refractivity contribution in [3.05, 3.63) is 58.7 Å². The SMILES string of the molecule is Cc1cc(C)cc(Oc2ccc(C=O)c(C)c2)c1. The molecule has 0 aliphatic rings. The van der Waals surface area contributed by atoms with Gasteiger partial charge in [0.15, 0.2) is 0 Å². The molecule has 0 aliphatic carbocycles. The second-order valence-electron chi connectivity index (χ2n) is 4.56. The number of benzene rings is 2. The summed E-state index contributed by atoms with van der Waals surface area (Å²) in [6.45, 7) is 5.99. The standard InChI is InChI=1S/C16H16O2/c1-11-6-12(2)8-16(7-11)18-15-5-4-14(10-17)13(3)9-15/h4-10H,1-3H3. The topological polar surface area (TPSA) is 26.3 Å². The van der Waals surface area contributed by atoms with Gasteiger partial charge >= 0.3 is 0 Å². The molecule has 18 heavy (non-hydrogen) atoms. The minimum atomic E-state index is 0.697. The molecule has 2 aromatic rings. The van der Waals surface area contributed by atoms with Crippen LogP contribution in [0.5, 0.6) is 11.5 Å². The summed E-state index contributed by atoms with van der Waals surface area (Å²) in [7, 11) is 0. The van der Waals surface area contributed by atoms with E-state index < -0.39 is 0 Å². The summed E-state index contributed by atoms with van der Waals surface area (Å²) in [4.78, 5) is 10.7. The Bertz CT molecular complexity index is 565. The summed E-state index contributed by atoms with van der Waals surface area (Å²) in [6.07, 6.45) is 0.857. The summed E-state index contributed by atoms with van der Waals surface area (Å²) in [5.74, 6) is 1.58. The monoisotopic (exact) mass is 240 g/mol. The average molecular weight is 240 g/mol. The highest BCUT2D eigenvalue weighted by molar-refractivity contribution is 5.77. The summed E-state index contributed by atoms with van der Waals surface area (Å²) in [6, 6.07) is 11.6. The van der Waals surface area contributed by atoms with Crippen molar-refractivity contribution in [3.8, 4) is 11.5 Å². The number of carbonyl (C=O) groups is 1. The van der Waals surface area contributed by atoms with E-state index in [1.54, 1.807) is 6.07 Å². The number of aryl methyl sites for hydroxylation is 3. The molecule has 0 radical (unpaired) electrons. The van der Waals surface area contributed by atoms with E-state index >= 15 is 0 Å². The first-order valence-electron chi connectivity index (χ1n) is 5.90. The normalized spacial score (nSPS) is 10.2. The van der Waals surface area contributed by atoms with Gasteiger partial charge in [-0.05, 0) is 67.8 Å². The van der Waals surface area contributed by atoms with Gasteiger partial charge in [0.1, 0.15) is 17.8 Å². The maximum atomic E-state index is 10.7. The van der Waals surface area contributed by atoms with Crippen LogP contribution in [0.1, 0.15) is 27.0 Å². The van der Waals surface area contributed by atoms with Gasteiger partial charge in [-0.15, -0.1) is 0 Å². The number of ether oxygens (including phenoxy) is 1. The molecule has 0 heterocycles. The predicted molar refractivity (Wildman–Crippen MR) is 72.6 cm³/mol. The van der Waals surface area contributed by atoms with Crippen LogP contribution in [-0.4, -0.2) is 6.29 Å². The van der Waals surface area contributed by atoms with E-state index in [0.29, 0.717) is 5.56 Å². The second kappa shape index (κ2) is 5.05. The van der Waals surface area contributed by atoms with Crippen LogP contribution in [0.25, 0.3) is 0 Å². The number of rotatable bonds is 3. The lowest BCUT2D eigenvalue weighted by Gasteiger charge is -2.09. The van der Waals surface area contributed by atoms with Gasteiger partial charge in [0, 0.05) is 5.56 Å². The molecule has 2 heteroatoms. The fourth-order valence-corrected chi connectivity index (χ4v) is 1.97. The quantitative estimate of drug-likeness (QED) is 0.751. The Labute approximate surface area is 107 Å². The van der Waals surface area contributed by atoms with Crippen LogP contribution in [0.15, 0.2) is 36.4 Å². The van der Waals surface area contributed by atoms with Crippen molar-refractivity contribution >= 4 is 6.29 Å². The first-order chi connectivity index (χ1) is 8.58. The van der Waals surface area contributed by atoms with Gasteiger partial charge in [0.05, 0.1) is 0 Å². The number of carbonyl (C=O) groups excluding carboxylic acids is 1. The molecule has 0 N–H and O–H groups in total. The van der Waals surface area contributed by atoms with Crippen molar-refractivity contribution in [1.29, 1.82) is 0 Å². The molecule has 0 atom stereocenters. The zero-order valence-corrected chi connectivity index (χ0v) is 10.9. The van der Waals surface area contributed by atoms with Crippen LogP contribution < -0.4 is 4.74 Å². The largest absolute Gasteiger partial charge is 0.457 e. The van der Waals surface area contributed by atoms with Crippen molar-refractivity contribution in [2.75, 3.05) is 0 Å². The molecule has 0 fully saturated rings. The van der Waals surface area contributed by atoms with E-state index in [2.05, 4.69) is 6.07 Å². The van der Waals surface area contributed by atoms with E-state index in [9.17, 15) is 4.79 Å². The molecule has 0 aliphatic heterocycles. The van der Waals surface area contributed by atoms with E-state index in [1.807, 2.05) is 45.0 Å². The smallest absolute Gasteiger partial charge is 0.150 e. The molecule has 0 saturated heterocycles. The van der Waals surface area contributed by atoms with Gasteiger partial charge in [0.25, 0.3) is 0 Å². The molecule has 0 bridgehead atoms. The Morgan fingerprint density at radius 2 is 1.56 bits per heavy atom. The molecular formula is C16H16O2. The minimum Gasteiger partial charge on any atom is -0.457 e. The van der Waals surface area contributed by atoms with Gasteiger partial charge in [-0.2, -0.15) is 0 Å². The molecule has 0 aromatic heterocycles. The summed E-state index contributed by atoms with van der Waals surface area (Å²) in [5.41, 5.74) is 3.96. The molecule has 2 rings (SSSR count). The van der Waals surface area contributed by atoms with Crippen molar-refractivity contribution in [2.45, 2.75) is 20.8 Å². The molecule has 0 unspecified atom stereocenters. The fraction of sp³-hybridized carbons (Fsp3) is 0.188. The number of aldehydes is 1. The zero-order valence-electron chi connectivity index (χ0n) is 10.9. The van der Waals surface area contributed by atoms with Gasteiger partial charge in [-0.1, -0.05) is 6.07 Å². The van der Waals surface area contributed by atoms with Crippen molar-refractivity contribution in [1.82, 2.24) is 0 Å². The van der Waals surface area contributed by atoms with Gasteiger partial charge in [0.2, 0.25) is 0 Å². The third kappa shape index (κ3) is 2.77. The molecule has 0 saturated carbocycles. The fourth-order valence-electron chi connectivity index (χ4n) is 1.97. The zero-order chi connectivity index (χ0) is 13.1. The van der Waals surface area contributed by atoms with Crippen molar-refractivity contribution < 1.29 is 9.53 Å². The summed E-state index contributed by atoms with van der Waals surface area (Å²) in [5, 5.41) is 0. The highest BCUT2D eigenvalue weighted by atomic mass is 16.5. The van der Waals surface area contributed by atoms with Crippen LogP contribution in [0.2, 0.25) is 0 Å². The Morgan fingerprint density at radius 1 is 0.889 bits per heavy atom. The molecule has 2 nitrogen and oxygen atoms in total. The van der Waals surface area contributed by atoms with Crippen LogP contribution in [0.3, 0.4) is 0 Å². The third-order valence-corrected chi connectivity index (χ3v) is 2.80. The van der Waals surface area contributed by atoms with Crippen molar-refractivity contribution in [3.63, 3.8) is 0 Å². The summed E-state index contributed by atoms with van der Waals surface area (Å²) < 4.78 is 5.80. The lowest BCUT2D eigenvalue weighted by Crippen LogP contribution is -1.90. The number of hydrogen-bond donors (Lipinski definition) is 0. The Morgan fingerprint density at radius 3 is 2.11 bits per heavy atom. The lowest BCUT2D eigenvalue weighted by molar-refractivity contribution is 0.112. The Kier molecular flexibility index (Phi) is 3.47. The molecule has 92 valence electrons. The van der Waals surface area contributed by atoms with Gasteiger partial charge < -0.3 is 4.74 Å². The Balaban J connectivity index is 2.28. The highest BCUT2D eigenvalue weighted by Crippen LogP contribution is 2.25. The number of hydrogen-bond acceptors (Lipinski definition) is 2. The molecule has 0 amide bonds. The van der Waals surface area contributed by atoms with Gasteiger partial charge in [-0.3, -0.25) is 4.79 Å². The summed E-state index contributed by atoms with van der Waals surface area (Å²) >= 11 is 0. The van der Waals surface area contributed by atoms with Crippen LogP contribution >= 0.6 is 0 Å². The van der Waals surface area contributed by atoms with E-state index in [1.165, 1.54) is 11.1 Å². The molecule has 0 spiro atoms. The van der Waals surface area contributed by atoms with Crippen LogP contribution in [0.4, 0.5) is 0 Å². The Hall–Kier alpha value is -2.09. The molecular weight excluding hydrogens is 224 g/mol. The minimum absolute atomic E-state index is 0.697. The lowest BCUT2D eigenvalue weighted by atomic mass is 10.1. The predicted octanol–water partition coefficient (Wildman–Crippen LogP) is 4.22. The highest BCUT2D eigenvalue weighted by Gasteiger charge is 2.02. The van der Waals surface area contributed by atoms with Crippen LogP contribution in [-0.2, 0) is 0 Å². The van der Waals surface area contributed by atoms with E-state index in [-0.39, 0.29) is 0 Å². The average Bonchev–Trinajstić information content (AvgIpc) is 2.27. The van der Waals surface area contributed by atoms with E-state index in [4.69, 9.17) is 4.74 Å². The third-order valence-electron chi connectivity index (χ3n) is 2.80. The first kappa shape index (κ1) is 12.4. The van der Waals surface area contributed by atoms with Crippen molar-refractivity contribution in [2.24, 2.45) is 0 Å². The molecule has 2 aromatic carbocycles.